The van der Waals surface area contributed by atoms with Crippen molar-refractivity contribution in [3.8, 4) is 11.1 Å². The molecule has 3 nitrogen and oxygen atoms in total. The molecule has 0 bridgehead atoms. The summed E-state index contributed by atoms with van der Waals surface area (Å²) in [5.41, 5.74) is 3.51. The fourth-order valence-corrected chi connectivity index (χ4v) is 5.49. The number of fused-ring (bicyclic) bond motifs is 1. The molecule has 25 heavy (non-hydrogen) atoms. The van der Waals surface area contributed by atoms with E-state index < -0.39 is 0 Å². The topological polar surface area (TPSA) is 29.0 Å². The molecule has 1 fully saturated rings. The van der Waals surface area contributed by atoms with Crippen LogP contribution in [0.25, 0.3) is 21.3 Å². The summed E-state index contributed by atoms with van der Waals surface area (Å²) in [7, 11) is 0. The zero-order valence-corrected chi connectivity index (χ0v) is 15.3. The van der Waals surface area contributed by atoms with Crippen LogP contribution in [-0.4, -0.2) is 16.5 Å². The Balaban J connectivity index is 1.52. The molecule has 0 spiro atoms. The lowest BCUT2D eigenvalue weighted by molar-refractivity contribution is 0.732. The van der Waals surface area contributed by atoms with Gasteiger partial charge in [-0.3, -0.25) is 4.98 Å². The normalized spacial score (nSPS) is 17.4. The van der Waals surface area contributed by atoms with E-state index in [9.17, 15) is 0 Å². The molecule has 1 saturated heterocycles. The number of hydrogen-bond acceptors (Lipinski definition) is 5. The number of aromatic nitrogens is 2. The monoisotopic (exact) mass is 363 g/mol. The predicted molar refractivity (Wildman–Crippen MR) is 106 cm³/mol. The molecule has 1 aromatic carbocycles. The highest BCUT2D eigenvalue weighted by Gasteiger charge is 2.29. The Hall–Kier alpha value is -2.24. The standard InChI is InChI=1S/C20H17N3S2/c1-3-17(18-4-2-12-24-18)23(11-1)20-22-16-6-5-15(13-19(16)25-20)14-7-9-21-10-8-14/h2,4-10,12-13,17H,1,3,11H2/t17-/m0/s1. The van der Waals surface area contributed by atoms with Crippen LogP contribution in [0.5, 0.6) is 0 Å². The number of thiazole rings is 1. The molecule has 4 aromatic rings. The Morgan fingerprint density at radius 2 is 1.96 bits per heavy atom. The van der Waals surface area contributed by atoms with Crippen molar-refractivity contribution in [2.45, 2.75) is 18.9 Å². The number of anilines is 1. The molecule has 0 amide bonds. The van der Waals surface area contributed by atoms with Crippen molar-refractivity contribution in [1.82, 2.24) is 9.97 Å². The fourth-order valence-electron chi connectivity index (χ4n) is 3.53. The summed E-state index contributed by atoms with van der Waals surface area (Å²) >= 11 is 3.66. The lowest BCUT2D eigenvalue weighted by Gasteiger charge is -2.22. The van der Waals surface area contributed by atoms with Gasteiger partial charge >= 0.3 is 0 Å². The van der Waals surface area contributed by atoms with Crippen LogP contribution in [0, 0.1) is 0 Å². The van der Waals surface area contributed by atoms with Crippen LogP contribution < -0.4 is 4.90 Å². The quantitative estimate of drug-likeness (QED) is 0.463. The van der Waals surface area contributed by atoms with Gasteiger partial charge in [-0.25, -0.2) is 4.98 Å². The van der Waals surface area contributed by atoms with Gasteiger partial charge in [-0.05, 0) is 59.7 Å². The van der Waals surface area contributed by atoms with Gasteiger partial charge in [0.2, 0.25) is 0 Å². The van der Waals surface area contributed by atoms with Crippen LogP contribution in [0.4, 0.5) is 5.13 Å². The number of benzene rings is 1. The maximum absolute atomic E-state index is 4.93. The van der Waals surface area contributed by atoms with Crippen molar-refractivity contribution < 1.29 is 0 Å². The van der Waals surface area contributed by atoms with E-state index in [1.165, 1.54) is 33.5 Å². The summed E-state index contributed by atoms with van der Waals surface area (Å²) in [6.07, 6.45) is 6.14. The van der Waals surface area contributed by atoms with Crippen LogP contribution in [0.2, 0.25) is 0 Å². The van der Waals surface area contributed by atoms with E-state index in [-0.39, 0.29) is 0 Å². The van der Waals surface area contributed by atoms with Gasteiger partial charge in [-0.2, -0.15) is 0 Å². The molecule has 5 rings (SSSR count). The summed E-state index contributed by atoms with van der Waals surface area (Å²) < 4.78 is 1.25. The molecule has 1 aliphatic rings. The van der Waals surface area contributed by atoms with E-state index in [4.69, 9.17) is 4.98 Å². The van der Waals surface area contributed by atoms with Crippen LogP contribution >= 0.6 is 22.7 Å². The molecule has 0 unspecified atom stereocenters. The maximum atomic E-state index is 4.93. The van der Waals surface area contributed by atoms with Crippen LogP contribution in [-0.2, 0) is 0 Å². The molecular weight excluding hydrogens is 346 g/mol. The third kappa shape index (κ3) is 2.73. The van der Waals surface area contributed by atoms with E-state index in [2.05, 4.69) is 57.7 Å². The van der Waals surface area contributed by atoms with Crippen molar-refractivity contribution in [2.24, 2.45) is 0 Å². The summed E-state index contributed by atoms with van der Waals surface area (Å²) in [6.45, 7) is 1.10. The van der Waals surface area contributed by atoms with Gasteiger partial charge < -0.3 is 4.90 Å². The number of nitrogens with zero attached hydrogens (tertiary/aromatic N) is 3. The minimum absolute atomic E-state index is 0.486. The minimum Gasteiger partial charge on any atom is -0.340 e. The molecule has 0 N–H and O–H groups in total. The minimum atomic E-state index is 0.486. The van der Waals surface area contributed by atoms with Gasteiger partial charge in [0.15, 0.2) is 5.13 Å². The van der Waals surface area contributed by atoms with E-state index >= 15 is 0 Å². The Morgan fingerprint density at radius 1 is 1.04 bits per heavy atom. The molecule has 5 heteroatoms. The van der Waals surface area contributed by atoms with Gasteiger partial charge in [0, 0.05) is 23.8 Å². The Morgan fingerprint density at radius 3 is 2.80 bits per heavy atom. The fraction of sp³-hybridized carbons (Fsp3) is 0.200. The lowest BCUT2D eigenvalue weighted by atomic mass is 10.1. The van der Waals surface area contributed by atoms with Crippen molar-refractivity contribution in [3.63, 3.8) is 0 Å². The summed E-state index contributed by atoms with van der Waals surface area (Å²) in [5.74, 6) is 0. The van der Waals surface area contributed by atoms with E-state index in [1.807, 2.05) is 35.1 Å². The first-order valence-corrected chi connectivity index (χ1v) is 10.2. The predicted octanol–water partition coefficient (Wildman–Crippen LogP) is 5.76. The Kier molecular flexibility index (Phi) is 3.76. The molecule has 0 aliphatic carbocycles. The van der Waals surface area contributed by atoms with Gasteiger partial charge in [0.25, 0.3) is 0 Å². The van der Waals surface area contributed by atoms with Crippen LogP contribution in [0.15, 0.2) is 60.2 Å². The average Bonchev–Trinajstić information content (AvgIpc) is 3.40. The summed E-state index contributed by atoms with van der Waals surface area (Å²) in [5, 5.41) is 3.32. The van der Waals surface area contributed by atoms with Crippen molar-refractivity contribution in [2.75, 3.05) is 11.4 Å². The first kappa shape index (κ1) is 15.0. The second-order valence-electron chi connectivity index (χ2n) is 6.28. The highest BCUT2D eigenvalue weighted by molar-refractivity contribution is 7.22. The third-order valence-corrected chi connectivity index (χ3v) is 6.79. The molecule has 0 saturated carbocycles. The van der Waals surface area contributed by atoms with E-state index in [0.717, 1.165) is 17.2 Å². The SMILES string of the molecule is c1csc([C@@H]2CCCN2c2nc3ccc(-c4ccncc4)cc3s2)c1. The second-order valence-corrected chi connectivity index (χ2v) is 8.27. The molecule has 0 radical (unpaired) electrons. The lowest BCUT2D eigenvalue weighted by Crippen LogP contribution is -2.21. The molecule has 124 valence electrons. The maximum Gasteiger partial charge on any atom is 0.186 e. The highest BCUT2D eigenvalue weighted by Crippen LogP contribution is 2.41. The molecule has 3 aromatic heterocycles. The number of hydrogen-bond donors (Lipinski definition) is 0. The Labute approximate surface area is 154 Å². The van der Waals surface area contributed by atoms with Gasteiger partial charge in [0.1, 0.15) is 0 Å². The average molecular weight is 364 g/mol. The van der Waals surface area contributed by atoms with Gasteiger partial charge in [-0.15, -0.1) is 11.3 Å². The smallest absolute Gasteiger partial charge is 0.186 e. The van der Waals surface area contributed by atoms with Gasteiger partial charge in [-0.1, -0.05) is 23.5 Å². The molecular formula is C20H17N3S2. The molecule has 1 atom stereocenters. The van der Waals surface area contributed by atoms with Crippen molar-refractivity contribution in [1.29, 1.82) is 0 Å². The number of thiophene rings is 1. The number of rotatable bonds is 3. The summed E-state index contributed by atoms with van der Waals surface area (Å²) in [6, 6.07) is 15.5. The zero-order chi connectivity index (χ0) is 16.6. The van der Waals surface area contributed by atoms with Crippen molar-refractivity contribution >= 4 is 38.0 Å². The zero-order valence-electron chi connectivity index (χ0n) is 13.6. The van der Waals surface area contributed by atoms with Gasteiger partial charge in [0.05, 0.1) is 16.3 Å². The van der Waals surface area contributed by atoms with Crippen LogP contribution in [0.1, 0.15) is 23.8 Å². The molecule has 1 aliphatic heterocycles. The Bertz CT molecular complexity index is 992. The van der Waals surface area contributed by atoms with E-state index in [1.54, 1.807) is 0 Å². The highest BCUT2D eigenvalue weighted by atomic mass is 32.1. The molecule has 4 heterocycles. The second kappa shape index (κ2) is 6.24. The number of pyridine rings is 1. The first-order valence-electron chi connectivity index (χ1n) is 8.49. The first-order chi connectivity index (χ1) is 12.4. The third-order valence-electron chi connectivity index (χ3n) is 4.76. The largest absolute Gasteiger partial charge is 0.340 e. The van der Waals surface area contributed by atoms with Crippen molar-refractivity contribution in [3.05, 3.63) is 65.1 Å². The summed E-state index contributed by atoms with van der Waals surface area (Å²) in [4.78, 5) is 13.0. The van der Waals surface area contributed by atoms with Crippen LogP contribution in [0.3, 0.4) is 0 Å². The van der Waals surface area contributed by atoms with E-state index in [0.29, 0.717) is 6.04 Å².